The first-order valence-electron chi connectivity index (χ1n) is 7.83. The SMILES string of the molecule is C.C.CCC(C)(C)CC(C)(C)C.CCCCC(C)(C)C. The van der Waals surface area contributed by atoms with Crippen LogP contribution in [0.3, 0.4) is 0 Å². The maximum atomic E-state index is 2.35. The summed E-state index contributed by atoms with van der Waals surface area (Å²) in [6.07, 6.45) is 6.67. The van der Waals surface area contributed by atoms with Gasteiger partial charge in [0.25, 0.3) is 0 Å². The van der Waals surface area contributed by atoms with Gasteiger partial charge in [-0.25, -0.2) is 0 Å². The molecule has 0 unspecified atom stereocenters. The Kier molecular flexibility index (Phi) is 16.4. The highest BCUT2D eigenvalue weighted by Crippen LogP contribution is 2.35. The van der Waals surface area contributed by atoms with E-state index in [4.69, 9.17) is 0 Å². The van der Waals surface area contributed by atoms with Crippen LogP contribution < -0.4 is 0 Å². The van der Waals surface area contributed by atoms with Gasteiger partial charge in [0.2, 0.25) is 0 Å². The van der Waals surface area contributed by atoms with Crippen LogP contribution in [0.15, 0.2) is 0 Å². The Morgan fingerprint density at radius 2 is 1.05 bits per heavy atom. The van der Waals surface area contributed by atoms with Crippen LogP contribution in [-0.2, 0) is 0 Å². The van der Waals surface area contributed by atoms with Crippen molar-refractivity contribution in [2.75, 3.05) is 0 Å². The minimum Gasteiger partial charge on any atom is -0.0776 e. The lowest BCUT2D eigenvalue weighted by Crippen LogP contribution is -2.19. The molecular formula is C20H48. The van der Waals surface area contributed by atoms with Gasteiger partial charge in [0, 0.05) is 0 Å². The Bertz CT molecular complexity index is 185. The summed E-state index contributed by atoms with van der Waals surface area (Å²) in [5.41, 5.74) is 1.56. The van der Waals surface area contributed by atoms with E-state index in [1.807, 2.05) is 0 Å². The normalized spacial score (nSPS) is 11.7. The van der Waals surface area contributed by atoms with Crippen LogP contribution in [0.2, 0.25) is 0 Å². The summed E-state index contributed by atoms with van der Waals surface area (Å²) in [6.45, 7) is 23.0. The lowest BCUT2D eigenvalue weighted by atomic mass is 9.75. The summed E-state index contributed by atoms with van der Waals surface area (Å²) in [6, 6.07) is 0. The minimum atomic E-state index is 0. The van der Waals surface area contributed by atoms with Gasteiger partial charge in [-0.3, -0.25) is 0 Å². The zero-order valence-corrected chi connectivity index (χ0v) is 15.0. The van der Waals surface area contributed by atoms with Crippen molar-refractivity contribution in [3.63, 3.8) is 0 Å². The molecule has 0 N–H and O–H groups in total. The van der Waals surface area contributed by atoms with Crippen molar-refractivity contribution in [2.45, 2.75) is 116 Å². The Hall–Kier alpha value is 0. The molecule has 128 valence electrons. The van der Waals surface area contributed by atoms with E-state index >= 15 is 0 Å². The first-order valence-corrected chi connectivity index (χ1v) is 7.83. The zero-order chi connectivity index (χ0) is 15.0. The van der Waals surface area contributed by atoms with Crippen LogP contribution in [-0.4, -0.2) is 0 Å². The highest BCUT2D eigenvalue weighted by atomic mass is 14.3. The Morgan fingerprint density at radius 3 is 1.15 bits per heavy atom. The van der Waals surface area contributed by atoms with E-state index in [1.54, 1.807) is 0 Å². The molecule has 20 heavy (non-hydrogen) atoms. The molecule has 0 aromatic rings. The van der Waals surface area contributed by atoms with Crippen molar-refractivity contribution < 1.29 is 0 Å². The third-order valence-corrected chi connectivity index (χ3v) is 3.25. The van der Waals surface area contributed by atoms with E-state index in [-0.39, 0.29) is 14.9 Å². The largest absolute Gasteiger partial charge is 0.0776 e. The zero-order valence-electron chi connectivity index (χ0n) is 15.0. The fourth-order valence-electron chi connectivity index (χ4n) is 2.27. The van der Waals surface area contributed by atoms with Gasteiger partial charge in [0.05, 0.1) is 0 Å². The lowest BCUT2D eigenvalue weighted by Gasteiger charge is -2.31. The third-order valence-electron chi connectivity index (χ3n) is 3.25. The molecule has 0 aliphatic rings. The van der Waals surface area contributed by atoms with Crippen LogP contribution in [0.25, 0.3) is 0 Å². The average Bonchev–Trinajstić information content (AvgIpc) is 2.11. The van der Waals surface area contributed by atoms with E-state index in [1.165, 1.54) is 32.1 Å². The van der Waals surface area contributed by atoms with Gasteiger partial charge < -0.3 is 0 Å². The minimum absolute atomic E-state index is 0. The van der Waals surface area contributed by atoms with E-state index in [0.717, 1.165) is 0 Å². The summed E-state index contributed by atoms with van der Waals surface area (Å²) in [5.74, 6) is 0. The quantitative estimate of drug-likeness (QED) is 0.487. The van der Waals surface area contributed by atoms with Crippen LogP contribution in [0.1, 0.15) is 116 Å². The Balaban J connectivity index is -0.000000119. The van der Waals surface area contributed by atoms with E-state index in [0.29, 0.717) is 16.2 Å². The highest BCUT2D eigenvalue weighted by Gasteiger charge is 2.23. The molecule has 0 fully saturated rings. The molecular weight excluding hydrogens is 240 g/mol. The first kappa shape index (κ1) is 28.2. The molecule has 0 amide bonds. The van der Waals surface area contributed by atoms with Gasteiger partial charge >= 0.3 is 0 Å². The predicted octanol–water partition coefficient (Wildman–Crippen LogP) is 8.35. The van der Waals surface area contributed by atoms with E-state index in [9.17, 15) is 0 Å². The molecule has 0 radical (unpaired) electrons. The monoisotopic (exact) mass is 288 g/mol. The molecule has 0 aromatic carbocycles. The summed E-state index contributed by atoms with van der Waals surface area (Å²) in [4.78, 5) is 0. The molecule has 0 atom stereocenters. The smallest absolute Gasteiger partial charge is 0.0352 e. The molecule has 0 saturated carbocycles. The van der Waals surface area contributed by atoms with Crippen LogP contribution in [0.4, 0.5) is 0 Å². The first-order chi connectivity index (χ1) is 7.83. The second-order valence-corrected chi connectivity index (χ2v) is 8.92. The van der Waals surface area contributed by atoms with Crippen LogP contribution in [0.5, 0.6) is 0 Å². The van der Waals surface area contributed by atoms with E-state index in [2.05, 4.69) is 69.2 Å². The van der Waals surface area contributed by atoms with Crippen molar-refractivity contribution >= 4 is 0 Å². The fourth-order valence-corrected chi connectivity index (χ4v) is 2.27. The van der Waals surface area contributed by atoms with Crippen molar-refractivity contribution in [3.05, 3.63) is 0 Å². The maximum absolute atomic E-state index is 2.35. The van der Waals surface area contributed by atoms with Gasteiger partial charge in [0.15, 0.2) is 0 Å². The molecule has 0 aliphatic heterocycles. The fraction of sp³-hybridized carbons (Fsp3) is 1.00. The van der Waals surface area contributed by atoms with Crippen molar-refractivity contribution in [3.8, 4) is 0 Å². The predicted molar refractivity (Wildman–Crippen MR) is 101 cm³/mol. The Morgan fingerprint density at radius 1 is 0.650 bits per heavy atom. The Labute approximate surface area is 133 Å². The van der Waals surface area contributed by atoms with Gasteiger partial charge in [-0.2, -0.15) is 0 Å². The summed E-state index contributed by atoms with van der Waals surface area (Å²) in [7, 11) is 0. The highest BCUT2D eigenvalue weighted by molar-refractivity contribution is 4.74. The molecule has 0 saturated heterocycles. The topological polar surface area (TPSA) is 0 Å². The van der Waals surface area contributed by atoms with E-state index < -0.39 is 0 Å². The second kappa shape index (κ2) is 11.6. The number of hydrogen-bond donors (Lipinski definition) is 0. The van der Waals surface area contributed by atoms with Crippen LogP contribution in [0, 0.1) is 16.2 Å². The number of unbranched alkanes of at least 4 members (excludes halogenated alkanes) is 1. The van der Waals surface area contributed by atoms with Crippen LogP contribution >= 0.6 is 0 Å². The summed E-state index contributed by atoms with van der Waals surface area (Å²) < 4.78 is 0. The molecule has 0 nitrogen and oxygen atoms in total. The molecule has 0 aromatic heterocycles. The van der Waals surface area contributed by atoms with Gasteiger partial charge in [-0.1, -0.05) is 103 Å². The average molecular weight is 289 g/mol. The third kappa shape index (κ3) is 26.5. The molecule has 0 heterocycles. The molecule has 0 bridgehead atoms. The molecule has 0 heteroatoms. The second-order valence-electron chi connectivity index (χ2n) is 8.92. The van der Waals surface area contributed by atoms with Gasteiger partial charge in [-0.15, -0.1) is 0 Å². The standard InChI is InChI=1S/C10H22.C8H18.2CH4/c1-7-10(5,6)8-9(2,3)4;1-5-6-7-8(2,3)4;;/h7-8H2,1-6H3;5-7H2,1-4H3;2*1H4. The number of hydrogen-bond acceptors (Lipinski definition) is 0. The summed E-state index contributed by atoms with van der Waals surface area (Å²) in [5, 5.41) is 0. The molecule has 0 aliphatic carbocycles. The lowest BCUT2D eigenvalue weighted by molar-refractivity contribution is 0.206. The number of rotatable bonds is 4. The van der Waals surface area contributed by atoms with Crippen molar-refractivity contribution in [1.82, 2.24) is 0 Å². The van der Waals surface area contributed by atoms with Crippen molar-refractivity contribution in [1.29, 1.82) is 0 Å². The molecule has 0 rings (SSSR count). The maximum Gasteiger partial charge on any atom is -0.0352 e. The van der Waals surface area contributed by atoms with Crippen molar-refractivity contribution in [2.24, 2.45) is 16.2 Å². The summed E-state index contributed by atoms with van der Waals surface area (Å²) >= 11 is 0. The van der Waals surface area contributed by atoms with Gasteiger partial charge in [0.1, 0.15) is 0 Å². The van der Waals surface area contributed by atoms with Gasteiger partial charge in [-0.05, 0) is 29.1 Å². The molecule has 0 spiro atoms.